The van der Waals surface area contributed by atoms with Crippen molar-refractivity contribution < 1.29 is 42.1 Å². The fraction of sp³-hybridized carbons (Fsp3) is 0.182. The molecule has 0 aromatic heterocycles. The van der Waals surface area contributed by atoms with Crippen LogP contribution in [0, 0.1) is 24.5 Å². The van der Waals surface area contributed by atoms with E-state index in [4.69, 9.17) is 13.1 Å². The minimum Gasteiger partial charge on any atom is -0.314 e. The molecule has 7 heteroatoms. The molecule has 0 aliphatic carbocycles. The zero-order valence-corrected chi connectivity index (χ0v) is 29.0. The minimum atomic E-state index is -1.30. The summed E-state index contributed by atoms with van der Waals surface area (Å²) in [4.78, 5) is 6.57. The molecule has 0 amide bonds. The maximum atomic E-state index is 10.5. The van der Waals surface area contributed by atoms with Crippen LogP contribution in [-0.4, -0.2) is 17.5 Å². The first-order valence-electron chi connectivity index (χ1n) is 12.7. The molecular formula is C33H33N3P2Pt2+2. The quantitative estimate of drug-likeness (QED) is 0.146. The fourth-order valence-corrected chi connectivity index (χ4v) is 12.0. The van der Waals surface area contributed by atoms with E-state index in [0.717, 1.165) is 0 Å². The molecule has 2 unspecified atom stereocenters. The van der Waals surface area contributed by atoms with Gasteiger partial charge < -0.3 is 9.69 Å². The van der Waals surface area contributed by atoms with E-state index in [1.54, 1.807) is 0 Å². The van der Waals surface area contributed by atoms with Gasteiger partial charge in [0.1, 0.15) is 43.1 Å². The van der Waals surface area contributed by atoms with Crippen LogP contribution in [0.4, 0.5) is 0 Å². The smallest absolute Gasteiger partial charge is 0.265 e. The fourth-order valence-electron chi connectivity index (χ4n) is 4.34. The summed E-state index contributed by atoms with van der Waals surface area (Å²) >= 11 is 0. The van der Waals surface area contributed by atoms with E-state index in [2.05, 4.69) is 137 Å². The van der Waals surface area contributed by atoms with E-state index < -0.39 is 15.8 Å². The zero-order valence-electron chi connectivity index (χ0n) is 22.5. The van der Waals surface area contributed by atoms with Crippen molar-refractivity contribution >= 4 is 37.1 Å². The normalized spacial score (nSPS) is 11.3. The second-order valence-corrected chi connectivity index (χ2v) is 14.7. The van der Waals surface area contributed by atoms with E-state index in [0.29, 0.717) is 6.42 Å². The third kappa shape index (κ3) is 10.5. The summed E-state index contributed by atoms with van der Waals surface area (Å²) in [7, 11) is -2.60. The second kappa shape index (κ2) is 19.6. The van der Waals surface area contributed by atoms with Gasteiger partial charge >= 0.3 is 0 Å². The Balaban J connectivity index is 0.000000633. The molecule has 0 saturated heterocycles. The number of hydrogen-bond acceptors (Lipinski definition) is 1. The molecule has 4 aromatic carbocycles. The van der Waals surface area contributed by atoms with Crippen molar-refractivity contribution in [2.75, 3.05) is 0 Å². The number of benzene rings is 4. The number of nitrogens with zero attached hydrogens (tertiary/aromatic N) is 3. The first-order valence-corrected chi connectivity index (χ1v) is 15.8. The molecule has 0 fully saturated rings. The summed E-state index contributed by atoms with van der Waals surface area (Å²) in [5.41, 5.74) is 0. The van der Waals surface area contributed by atoms with E-state index in [1.807, 2.05) is 13.8 Å². The van der Waals surface area contributed by atoms with E-state index in [1.165, 1.54) is 21.2 Å². The third-order valence-corrected chi connectivity index (χ3v) is 13.1. The van der Waals surface area contributed by atoms with Gasteiger partial charge in [0.15, 0.2) is 0 Å². The van der Waals surface area contributed by atoms with Crippen LogP contribution in [0.5, 0.6) is 0 Å². The van der Waals surface area contributed by atoms with Crippen molar-refractivity contribution in [1.29, 1.82) is 5.26 Å². The minimum absolute atomic E-state index is 0. The molecule has 0 heterocycles. The van der Waals surface area contributed by atoms with Gasteiger partial charge in [0.25, 0.3) is 5.40 Å². The topological polar surface area (TPSA) is 32.5 Å². The molecule has 0 aliphatic heterocycles. The van der Waals surface area contributed by atoms with Crippen LogP contribution in [0.3, 0.4) is 0 Å². The van der Waals surface area contributed by atoms with Crippen LogP contribution < -0.4 is 21.2 Å². The van der Waals surface area contributed by atoms with Crippen LogP contribution in [0.25, 0.3) is 9.69 Å². The van der Waals surface area contributed by atoms with Gasteiger partial charge in [0.2, 0.25) is 12.1 Å². The molecule has 2 atom stereocenters. The largest absolute Gasteiger partial charge is 0.314 e. The molecule has 0 bridgehead atoms. The molecule has 4 aromatic rings. The Hall–Kier alpha value is -2.41. The predicted octanol–water partition coefficient (Wildman–Crippen LogP) is 6.55. The van der Waals surface area contributed by atoms with Gasteiger partial charge in [0.05, 0.1) is 6.42 Å². The monoisotopic (exact) mass is 923 g/mol. The van der Waals surface area contributed by atoms with Crippen LogP contribution >= 0.6 is 15.8 Å². The van der Waals surface area contributed by atoms with Crippen LogP contribution in [0.15, 0.2) is 121 Å². The SMILES string of the molecule is N#CC([PH+](c1ccccc1)c1ccccc1)[PH+](c1ccccc1)c1ccccc1.[C-]#[N+]C(C)CC(C)[N+]#[C-].[Pt].[Pt]. The van der Waals surface area contributed by atoms with E-state index in [9.17, 15) is 5.26 Å². The second-order valence-electron chi connectivity index (χ2n) is 9.05. The Morgan fingerprint density at radius 1 is 0.575 bits per heavy atom. The Kier molecular flexibility index (Phi) is 17.5. The average Bonchev–Trinajstić information content (AvgIpc) is 2.99. The Labute approximate surface area is 270 Å². The van der Waals surface area contributed by atoms with Crippen LogP contribution in [-0.2, 0) is 42.1 Å². The average molecular weight is 924 g/mol. The molecule has 40 heavy (non-hydrogen) atoms. The van der Waals surface area contributed by atoms with Crippen LogP contribution in [0.2, 0.25) is 0 Å². The molecular weight excluding hydrogens is 890 g/mol. The van der Waals surface area contributed by atoms with Gasteiger partial charge in [-0.3, -0.25) is 0 Å². The third-order valence-electron chi connectivity index (χ3n) is 6.17. The maximum absolute atomic E-state index is 10.5. The molecule has 0 spiro atoms. The summed E-state index contributed by atoms with van der Waals surface area (Å²) in [6.45, 7) is 16.9. The van der Waals surface area contributed by atoms with Gasteiger partial charge in [0, 0.05) is 56.0 Å². The van der Waals surface area contributed by atoms with Gasteiger partial charge in [-0.25, -0.2) is 13.1 Å². The number of rotatable bonds is 8. The van der Waals surface area contributed by atoms with Crippen molar-refractivity contribution in [2.24, 2.45) is 0 Å². The summed E-state index contributed by atoms with van der Waals surface area (Å²) in [6, 6.07) is 45.3. The summed E-state index contributed by atoms with van der Waals surface area (Å²) in [5.74, 6) is 0. The number of hydrogen-bond donors (Lipinski definition) is 0. The molecule has 0 aliphatic rings. The number of nitriles is 1. The molecule has 0 radical (unpaired) electrons. The standard InChI is InChI=1S/C26H21NP2.C7H10N2.2Pt/c27-21-26(28(22-13-5-1-6-14-22)23-15-7-2-8-16-23)29(24-17-9-3-10-18-24)25-19-11-4-12-20-25;1-6(8-3)5-7(2)9-4;;/h1-20,26H;6-7H,5H2,1-2H3;;/p+2. The molecule has 3 nitrogen and oxygen atoms in total. The van der Waals surface area contributed by atoms with Gasteiger partial charge in [-0.05, 0) is 48.5 Å². The van der Waals surface area contributed by atoms with Crippen LogP contribution in [0.1, 0.15) is 20.3 Å². The Morgan fingerprint density at radius 2 is 0.825 bits per heavy atom. The summed E-state index contributed by atoms with van der Waals surface area (Å²) < 4.78 is 0. The first-order chi connectivity index (χ1) is 18.6. The molecule has 4 rings (SSSR count). The van der Waals surface area contributed by atoms with Crippen molar-refractivity contribution in [3.63, 3.8) is 0 Å². The Bertz CT molecular complexity index is 1190. The van der Waals surface area contributed by atoms with Crippen molar-refractivity contribution in [2.45, 2.75) is 37.8 Å². The Morgan fingerprint density at radius 3 is 1.02 bits per heavy atom. The van der Waals surface area contributed by atoms with E-state index >= 15 is 0 Å². The molecule has 0 saturated carbocycles. The van der Waals surface area contributed by atoms with Gasteiger partial charge in [-0.15, -0.1) is 0 Å². The molecule has 208 valence electrons. The van der Waals surface area contributed by atoms with Gasteiger partial charge in [-0.1, -0.05) is 72.8 Å². The van der Waals surface area contributed by atoms with E-state index in [-0.39, 0.29) is 59.6 Å². The summed E-state index contributed by atoms with van der Waals surface area (Å²) in [6.07, 6.45) is 0.701. The first kappa shape index (κ1) is 35.6. The van der Waals surface area contributed by atoms with Crippen molar-refractivity contribution in [3.8, 4) is 6.07 Å². The van der Waals surface area contributed by atoms with Gasteiger partial charge in [-0.2, -0.15) is 5.26 Å². The zero-order chi connectivity index (χ0) is 27.2. The van der Waals surface area contributed by atoms with Crippen molar-refractivity contribution in [1.82, 2.24) is 0 Å². The summed E-state index contributed by atoms with van der Waals surface area (Å²) in [5, 5.41) is 15.7. The predicted molar refractivity (Wildman–Crippen MR) is 167 cm³/mol. The molecule has 0 N–H and O–H groups in total. The maximum Gasteiger partial charge on any atom is 0.265 e. The van der Waals surface area contributed by atoms with Crippen molar-refractivity contribution in [3.05, 3.63) is 144 Å².